The van der Waals surface area contributed by atoms with Crippen molar-refractivity contribution in [2.75, 3.05) is 56.1 Å². The average molecular weight is 532 g/mol. The van der Waals surface area contributed by atoms with Gasteiger partial charge in [-0.2, -0.15) is 0 Å². The Labute approximate surface area is 223 Å². The summed E-state index contributed by atoms with van der Waals surface area (Å²) in [6.07, 6.45) is 1.58. The van der Waals surface area contributed by atoms with E-state index in [-0.39, 0.29) is 24.8 Å². The first-order valence-corrected chi connectivity index (χ1v) is 12.8. The van der Waals surface area contributed by atoms with Crippen LogP contribution in [0.25, 0.3) is 0 Å². The molecule has 1 aliphatic rings. The summed E-state index contributed by atoms with van der Waals surface area (Å²) in [6.45, 7) is 6.55. The predicted octanol–water partition coefficient (Wildman–Crippen LogP) is 5.32. The van der Waals surface area contributed by atoms with E-state index in [4.69, 9.17) is 14.2 Å². The minimum atomic E-state index is -0.943. The smallest absolute Gasteiger partial charge is 0.323 e. The number of halogens is 1. The molecule has 1 fully saturated rings. The van der Waals surface area contributed by atoms with Crippen LogP contribution in [0.4, 0.5) is 26.2 Å². The van der Waals surface area contributed by atoms with Crippen LogP contribution in [-0.4, -0.2) is 63.7 Å². The van der Waals surface area contributed by atoms with Crippen LogP contribution < -0.4 is 20.3 Å². The molecule has 10 heteroatoms. The molecule has 1 aliphatic heterocycles. The summed E-state index contributed by atoms with van der Waals surface area (Å²) in [7, 11) is 2.96. The number of ether oxygens (including phenoxy) is 3. The lowest BCUT2D eigenvalue weighted by atomic mass is 9.94. The van der Waals surface area contributed by atoms with Crippen molar-refractivity contribution in [1.82, 2.24) is 0 Å². The summed E-state index contributed by atoms with van der Waals surface area (Å²) < 4.78 is 30.4. The minimum Gasteiger partial charge on any atom is -0.497 e. The minimum absolute atomic E-state index is 0.00704. The molecule has 3 N–H and O–H groups in total. The van der Waals surface area contributed by atoms with Gasteiger partial charge in [-0.25, -0.2) is 9.18 Å². The molecule has 0 aliphatic carbocycles. The maximum absolute atomic E-state index is 14.5. The number of rotatable bonds is 12. The van der Waals surface area contributed by atoms with E-state index in [1.54, 1.807) is 12.1 Å². The molecule has 2 amide bonds. The van der Waals surface area contributed by atoms with E-state index < -0.39 is 23.7 Å². The molecule has 3 rings (SSSR count). The fourth-order valence-corrected chi connectivity index (χ4v) is 4.68. The Balaban J connectivity index is 1.98. The standard InChI is InChI=1S/C28H38FN3O6/c1-18(2)16-32(21-9-11-38-12-10-21)26-8-5-19(20(17-36-3)14-27(33)34)13-25(26)31-28(35)30-24-7-6-22(37-4)15-23(24)29/h5-8,13,15,18,20-21H,9-12,14,16-17H2,1-4H3,(H,33,34)(H2,30,31,35). The van der Waals surface area contributed by atoms with Crippen LogP contribution >= 0.6 is 0 Å². The third-order valence-corrected chi connectivity index (χ3v) is 6.46. The van der Waals surface area contributed by atoms with Gasteiger partial charge < -0.3 is 34.9 Å². The highest BCUT2D eigenvalue weighted by Gasteiger charge is 2.26. The number of carboxylic acid groups (broad SMARTS) is 1. The van der Waals surface area contributed by atoms with Gasteiger partial charge in [0, 0.05) is 44.9 Å². The quantitative estimate of drug-likeness (QED) is 0.340. The lowest BCUT2D eigenvalue weighted by Gasteiger charge is -2.38. The van der Waals surface area contributed by atoms with Crippen molar-refractivity contribution in [2.45, 2.75) is 45.1 Å². The van der Waals surface area contributed by atoms with Gasteiger partial charge in [0.15, 0.2) is 0 Å². The molecule has 0 spiro atoms. The molecule has 2 aromatic carbocycles. The highest BCUT2D eigenvalue weighted by Crippen LogP contribution is 2.35. The Morgan fingerprint density at radius 1 is 1.11 bits per heavy atom. The Kier molecular flexibility index (Phi) is 10.7. The number of carbonyl (C=O) groups is 2. The fraction of sp³-hybridized carbons (Fsp3) is 0.500. The molecule has 38 heavy (non-hydrogen) atoms. The number of hydrogen-bond donors (Lipinski definition) is 3. The number of aliphatic carboxylic acids is 1. The maximum atomic E-state index is 14.5. The molecular formula is C28H38FN3O6. The normalized spacial score (nSPS) is 14.7. The number of carbonyl (C=O) groups excluding carboxylic acids is 1. The van der Waals surface area contributed by atoms with Gasteiger partial charge in [0.25, 0.3) is 0 Å². The third-order valence-electron chi connectivity index (χ3n) is 6.46. The van der Waals surface area contributed by atoms with Gasteiger partial charge in [-0.05, 0) is 48.6 Å². The Morgan fingerprint density at radius 2 is 1.82 bits per heavy atom. The van der Waals surface area contributed by atoms with Crippen LogP contribution in [0, 0.1) is 11.7 Å². The van der Waals surface area contributed by atoms with E-state index in [9.17, 15) is 19.1 Å². The largest absolute Gasteiger partial charge is 0.497 e. The van der Waals surface area contributed by atoms with Crippen molar-refractivity contribution in [2.24, 2.45) is 5.92 Å². The topological polar surface area (TPSA) is 109 Å². The molecule has 208 valence electrons. The van der Waals surface area contributed by atoms with E-state index >= 15 is 0 Å². The number of benzene rings is 2. The number of hydrogen-bond acceptors (Lipinski definition) is 6. The first-order chi connectivity index (χ1) is 18.2. The van der Waals surface area contributed by atoms with Gasteiger partial charge in [-0.1, -0.05) is 19.9 Å². The van der Waals surface area contributed by atoms with E-state index in [1.165, 1.54) is 26.4 Å². The second-order valence-electron chi connectivity index (χ2n) is 9.84. The van der Waals surface area contributed by atoms with E-state index in [0.29, 0.717) is 30.6 Å². The highest BCUT2D eigenvalue weighted by molar-refractivity contribution is 6.02. The molecule has 2 aromatic rings. The monoisotopic (exact) mass is 531 g/mol. The molecular weight excluding hydrogens is 493 g/mol. The van der Waals surface area contributed by atoms with Crippen molar-refractivity contribution in [3.05, 3.63) is 47.8 Å². The molecule has 0 bridgehead atoms. The summed E-state index contributed by atoms with van der Waals surface area (Å²) in [5.74, 6) is -1.29. The van der Waals surface area contributed by atoms with Gasteiger partial charge >= 0.3 is 12.0 Å². The van der Waals surface area contributed by atoms with Crippen molar-refractivity contribution in [3.8, 4) is 5.75 Å². The van der Waals surface area contributed by atoms with Crippen LogP contribution in [0.5, 0.6) is 5.75 Å². The lowest BCUT2D eigenvalue weighted by molar-refractivity contribution is -0.137. The van der Waals surface area contributed by atoms with E-state index in [1.807, 2.05) is 12.1 Å². The maximum Gasteiger partial charge on any atom is 0.323 e. The fourth-order valence-electron chi connectivity index (χ4n) is 4.68. The summed E-state index contributed by atoms with van der Waals surface area (Å²) in [6, 6.07) is 9.37. The third kappa shape index (κ3) is 8.06. The van der Waals surface area contributed by atoms with Crippen LogP contribution in [-0.2, 0) is 14.3 Å². The first kappa shape index (κ1) is 29.2. The molecule has 9 nitrogen and oxygen atoms in total. The summed E-state index contributed by atoms with van der Waals surface area (Å²) >= 11 is 0. The number of nitrogens with one attached hydrogen (secondary N) is 2. The van der Waals surface area contributed by atoms with Gasteiger partial charge in [-0.3, -0.25) is 4.79 Å². The summed E-state index contributed by atoms with van der Waals surface area (Å²) in [4.78, 5) is 26.9. The number of anilines is 3. The first-order valence-electron chi connectivity index (χ1n) is 12.8. The molecule has 0 radical (unpaired) electrons. The number of urea groups is 1. The van der Waals surface area contributed by atoms with E-state index in [2.05, 4.69) is 29.4 Å². The van der Waals surface area contributed by atoms with Crippen LogP contribution in [0.1, 0.15) is 44.6 Å². The zero-order chi connectivity index (χ0) is 27.7. The summed E-state index contributed by atoms with van der Waals surface area (Å²) in [5.41, 5.74) is 2.05. The SMILES string of the molecule is COCC(CC(=O)O)c1ccc(N(CC(C)C)C2CCOCC2)c(NC(=O)Nc2ccc(OC)cc2F)c1. The van der Waals surface area contributed by atoms with Crippen molar-refractivity contribution >= 4 is 29.1 Å². The molecule has 1 heterocycles. The number of carboxylic acids is 1. The second kappa shape index (κ2) is 14.0. The van der Waals surface area contributed by atoms with Crippen molar-refractivity contribution in [3.63, 3.8) is 0 Å². The van der Waals surface area contributed by atoms with Crippen LogP contribution in [0.15, 0.2) is 36.4 Å². The average Bonchev–Trinajstić information content (AvgIpc) is 2.88. The highest BCUT2D eigenvalue weighted by atomic mass is 19.1. The van der Waals surface area contributed by atoms with Crippen molar-refractivity contribution < 1.29 is 33.3 Å². The second-order valence-corrected chi connectivity index (χ2v) is 9.84. The number of amides is 2. The lowest BCUT2D eigenvalue weighted by Crippen LogP contribution is -2.42. The number of nitrogens with zero attached hydrogens (tertiary/aromatic N) is 1. The van der Waals surface area contributed by atoms with E-state index in [0.717, 1.165) is 30.6 Å². The van der Waals surface area contributed by atoms with Crippen molar-refractivity contribution in [1.29, 1.82) is 0 Å². The molecule has 1 saturated heterocycles. The molecule has 0 aromatic heterocycles. The summed E-state index contributed by atoms with van der Waals surface area (Å²) in [5, 5.41) is 14.9. The zero-order valence-corrected chi connectivity index (χ0v) is 22.5. The Morgan fingerprint density at radius 3 is 2.42 bits per heavy atom. The Bertz CT molecular complexity index is 1090. The molecule has 0 saturated carbocycles. The van der Waals surface area contributed by atoms with Crippen LogP contribution in [0.2, 0.25) is 0 Å². The van der Waals surface area contributed by atoms with Gasteiger partial charge in [0.2, 0.25) is 0 Å². The number of methoxy groups -OCH3 is 2. The van der Waals surface area contributed by atoms with Gasteiger partial charge in [0.1, 0.15) is 11.6 Å². The zero-order valence-electron chi connectivity index (χ0n) is 22.5. The van der Waals surface area contributed by atoms with Crippen LogP contribution in [0.3, 0.4) is 0 Å². The Hall–Kier alpha value is -3.37. The van der Waals surface area contributed by atoms with Gasteiger partial charge in [-0.15, -0.1) is 0 Å². The predicted molar refractivity (Wildman–Crippen MR) is 145 cm³/mol. The molecule has 1 atom stereocenters. The molecule has 1 unspecified atom stereocenters. The van der Waals surface area contributed by atoms with Gasteiger partial charge in [0.05, 0.1) is 37.2 Å².